The average Bonchev–Trinajstić information content (AvgIpc) is 3.18. The predicted octanol–water partition coefficient (Wildman–Crippen LogP) is 3.20. The Kier molecular flexibility index (Phi) is 6.23. The average molecular weight is 463 g/mol. The molecule has 2 aromatic heterocycles. The Labute approximate surface area is 193 Å². The molecule has 2 N–H and O–H groups in total. The Bertz CT molecular complexity index is 1430. The Morgan fingerprint density at radius 1 is 1.12 bits per heavy atom. The number of methoxy groups -OCH3 is 1. The second-order valence-electron chi connectivity index (χ2n) is 7.37. The highest BCUT2D eigenvalue weighted by Gasteiger charge is 2.17. The summed E-state index contributed by atoms with van der Waals surface area (Å²) >= 11 is 1.50. The molecule has 4 rings (SSSR count). The molecule has 8 nitrogen and oxygen atoms in total. The molecule has 0 bridgehead atoms. The standard InChI is InChI=1S/C24H22N4O4S/c1-14-6-4-5-7-18(14)22-27-15(2)20(33-22)13-25-21(29)19-12-26-24(31)28(23(19)30)16-8-10-17(32-3)11-9-16/h4-12H,13H2,1-3H3,(H,25,29)(H,26,31). The van der Waals surface area contributed by atoms with Crippen molar-refractivity contribution in [3.63, 3.8) is 0 Å². The van der Waals surface area contributed by atoms with Crippen LogP contribution in [0.1, 0.15) is 26.5 Å². The van der Waals surface area contributed by atoms with Gasteiger partial charge < -0.3 is 15.0 Å². The van der Waals surface area contributed by atoms with E-state index in [1.54, 1.807) is 24.3 Å². The molecular weight excluding hydrogens is 440 g/mol. The molecule has 2 aromatic carbocycles. The van der Waals surface area contributed by atoms with Gasteiger partial charge >= 0.3 is 5.69 Å². The molecule has 0 radical (unpaired) electrons. The maximum atomic E-state index is 12.9. The minimum absolute atomic E-state index is 0.160. The molecule has 0 unspecified atom stereocenters. The number of benzene rings is 2. The zero-order valence-electron chi connectivity index (χ0n) is 18.3. The number of nitrogens with zero attached hydrogens (tertiary/aromatic N) is 2. The highest BCUT2D eigenvalue weighted by molar-refractivity contribution is 7.15. The van der Waals surface area contributed by atoms with Crippen molar-refractivity contribution in [2.24, 2.45) is 0 Å². The van der Waals surface area contributed by atoms with Crippen LogP contribution >= 0.6 is 11.3 Å². The lowest BCUT2D eigenvalue weighted by Crippen LogP contribution is -2.39. The van der Waals surface area contributed by atoms with E-state index < -0.39 is 17.2 Å². The van der Waals surface area contributed by atoms with Crippen LogP contribution in [0.25, 0.3) is 16.3 Å². The quantitative estimate of drug-likeness (QED) is 0.458. The van der Waals surface area contributed by atoms with Crippen LogP contribution in [-0.4, -0.2) is 27.6 Å². The first-order valence-corrected chi connectivity index (χ1v) is 11.0. The summed E-state index contributed by atoms with van der Waals surface area (Å²) in [7, 11) is 1.52. The van der Waals surface area contributed by atoms with E-state index in [9.17, 15) is 14.4 Å². The third-order valence-corrected chi connectivity index (χ3v) is 6.42. The first-order chi connectivity index (χ1) is 15.9. The molecule has 4 aromatic rings. The third kappa shape index (κ3) is 4.49. The van der Waals surface area contributed by atoms with E-state index in [0.29, 0.717) is 11.4 Å². The second kappa shape index (κ2) is 9.25. The summed E-state index contributed by atoms with van der Waals surface area (Å²) in [5, 5.41) is 3.64. The van der Waals surface area contributed by atoms with Crippen LogP contribution in [0.2, 0.25) is 0 Å². The molecule has 0 saturated carbocycles. The van der Waals surface area contributed by atoms with Crippen molar-refractivity contribution in [3.8, 4) is 22.0 Å². The highest BCUT2D eigenvalue weighted by Crippen LogP contribution is 2.30. The summed E-state index contributed by atoms with van der Waals surface area (Å²) in [6.07, 6.45) is 1.14. The van der Waals surface area contributed by atoms with Gasteiger partial charge in [0.25, 0.3) is 11.5 Å². The van der Waals surface area contributed by atoms with E-state index in [-0.39, 0.29) is 12.1 Å². The van der Waals surface area contributed by atoms with Crippen molar-refractivity contribution in [2.75, 3.05) is 7.11 Å². The minimum Gasteiger partial charge on any atom is -0.497 e. The van der Waals surface area contributed by atoms with Gasteiger partial charge in [-0.3, -0.25) is 9.59 Å². The van der Waals surface area contributed by atoms with E-state index in [2.05, 4.69) is 15.3 Å². The Morgan fingerprint density at radius 3 is 2.55 bits per heavy atom. The second-order valence-corrected chi connectivity index (χ2v) is 8.45. The van der Waals surface area contributed by atoms with E-state index in [4.69, 9.17) is 4.74 Å². The predicted molar refractivity (Wildman–Crippen MR) is 127 cm³/mol. The van der Waals surface area contributed by atoms with Gasteiger partial charge in [0, 0.05) is 16.6 Å². The van der Waals surface area contributed by atoms with Crippen molar-refractivity contribution in [2.45, 2.75) is 20.4 Å². The van der Waals surface area contributed by atoms with Crippen LogP contribution in [0.4, 0.5) is 0 Å². The van der Waals surface area contributed by atoms with Crippen molar-refractivity contribution in [1.82, 2.24) is 19.9 Å². The maximum Gasteiger partial charge on any atom is 0.333 e. The first-order valence-electron chi connectivity index (χ1n) is 10.2. The van der Waals surface area contributed by atoms with E-state index in [1.165, 1.54) is 18.4 Å². The summed E-state index contributed by atoms with van der Waals surface area (Å²) in [6.45, 7) is 4.13. The molecule has 0 aliphatic heterocycles. The Balaban J connectivity index is 1.57. The Morgan fingerprint density at radius 2 is 1.85 bits per heavy atom. The number of hydrogen-bond donors (Lipinski definition) is 2. The molecule has 0 spiro atoms. The lowest BCUT2D eigenvalue weighted by Gasteiger charge is -2.08. The fraction of sp³-hybridized carbons (Fsp3) is 0.167. The molecule has 0 aliphatic carbocycles. The van der Waals surface area contributed by atoms with Crippen LogP contribution in [0, 0.1) is 13.8 Å². The normalized spacial score (nSPS) is 10.8. The number of aryl methyl sites for hydroxylation is 2. The molecule has 9 heteroatoms. The van der Waals surface area contributed by atoms with Gasteiger partial charge in [0.2, 0.25) is 0 Å². The lowest BCUT2D eigenvalue weighted by atomic mass is 10.1. The number of hydrogen-bond acceptors (Lipinski definition) is 6. The lowest BCUT2D eigenvalue weighted by molar-refractivity contribution is 0.0949. The number of thiazole rings is 1. The fourth-order valence-corrected chi connectivity index (χ4v) is 4.47. The molecule has 1 amide bonds. The topological polar surface area (TPSA) is 106 Å². The van der Waals surface area contributed by atoms with Crippen molar-refractivity contribution in [1.29, 1.82) is 0 Å². The van der Waals surface area contributed by atoms with Gasteiger partial charge in [0.15, 0.2) is 0 Å². The monoisotopic (exact) mass is 462 g/mol. The fourth-order valence-electron chi connectivity index (χ4n) is 3.38. The molecule has 33 heavy (non-hydrogen) atoms. The van der Waals surface area contributed by atoms with Gasteiger partial charge in [0.05, 0.1) is 25.0 Å². The molecule has 0 saturated heterocycles. The number of aromatic nitrogens is 3. The summed E-state index contributed by atoms with van der Waals surface area (Å²) in [4.78, 5) is 46.0. The number of H-pyrrole nitrogens is 1. The van der Waals surface area contributed by atoms with Gasteiger partial charge in [-0.2, -0.15) is 0 Å². The summed E-state index contributed by atoms with van der Waals surface area (Å²) in [6, 6.07) is 14.4. The van der Waals surface area contributed by atoms with Crippen molar-refractivity contribution >= 4 is 17.2 Å². The number of rotatable bonds is 6. The third-order valence-electron chi connectivity index (χ3n) is 5.23. The zero-order chi connectivity index (χ0) is 23.5. The van der Waals surface area contributed by atoms with Crippen LogP contribution in [0.5, 0.6) is 5.75 Å². The number of carbonyl (C=O) groups is 1. The van der Waals surface area contributed by atoms with E-state index in [1.807, 2.05) is 38.1 Å². The van der Waals surface area contributed by atoms with Crippen LogP contribution in [-0.2, 0) is 6.54 Å². The number of nitrogens with one attached hydrogen (secondary N) is 2. The zero-order valence-corrected chi connectivity index (χ0v) is 19.2. The Hall–Kier alpha value is -3.98. The summed E-state index contributed by atoms with van der Waals surface area (Å²) < 4.78 is 6.03. The number of carbonyl (C=O) groups excluding carboxylic acids is 1. The summed E-state index contributed by atoms with van der Waals surface area (Å²) in [5.74, 6) is 0.00544. The number of amides is 1. The summed E-state index contributed by atoms with van der Waals surface area (Å²) in [5.41, 5.74) is 1.81. The van der Waals surface area contributed by atoms with Crippen LogP contribution in [0.15, 0.2) is 64.3 Å². The van der Waals surface area contributed by atoms with Gasteiger partial charge in [-0.05, 0) is 43.7 Å². The van der Waals surface area contributed by atoms with Crippen molar-refractivity contribution in [3.05, 3.63) is 97.3 Å². The van der Waals surface area contributed by atoms with E-state index >= 15 is 0 Å². The van der Waals surface area contributed by atoms with E-state index in [0.717, 1.165) is 37.5 Å². The number of ether oxygens (including phenoxy) is 1. The molecule has 2 heterocycles. The molecule has 0 aliphatic rings. The van der Waals surface area contributed by atoms with Gasteiger partial charge in [-0.1, -0.05) is 24.3 Å². The largest absolute Gasteiger partial charge is 0.497 e. The first kappa shape index (κ1) is 22.2. The minimum atomic E-state index is -0.706. The highest BCUT2D eigenvalue weighted by atomic mass is 32.1. The van der Waals surface area contributed by atoms with Gasteiger partial charge in [-0.25, -0.2) is 14.3 Å². The molecule has 0 fully saturated rings. The number of aromatic amines is 1. The SMILES string of the molecule is COc1ccc(-n2c(=O)[nH]cc(C(=O)NCc3sc(-c4ccccc4C)nc3C)c2=O)cc1. The van der Waals surface area contributed by atoms with Crippen LogP contribution in [0.3, 0.4) is 0 Å². The molecule has 168 valence electrons. The van der Waals surface area contributed by atoms with Crippen LogP contribution < -0.4 is 21.3 Å². The molecular formula is C24H22N4O4S. The van der Waals surface area contributed by atoms with Crippen molar-refractivity contribution < 1.29 is 9.53 Å². The van der Waals surface area contributed by atoms with Gasteiger partial charge in [0.1, 0.15) is 16.3 Å². The maximum absolute atomic E-state index is 12.9. The van der Waals surface area contributed by atoms with Gasteiger partial charge in [-0.15, -0.1) is 11.3 Å². The molecule has 0 atom stereocenters. The smallest absolute Gasteiger partial charge is 0.333 e.